The molecule has 1 aliphatic rings. The minimum atomic E-state index is -2.46. The van der Waals surface area contributed by atoms with E-state index < -0.39 is 6.89 Å². The molecule has 1 aliphatic heterocycles. The molecule has 0 fully saturated rings. The van der Waals surface area contributed by atoms with E-state index in [4.69, 9.17) is 9.98 Å². The lowest BCUT2D eigenvalue weighted by molar-refractivity contribution is 0.292. The Balaban J connectivity index is 2.00. The molecule has 4 aromatic carbocycles. The molecular weight excluding hydrogens is 693 g/mol. The average Bonchev–Trinajstić information content (AvgIpc) is 3.35. The van der Waals surface area contributed by atoms with Gasteiger partial charge >= 0.3 is 0 Å². The van der Waals surface area contributed by atoms with Crippen molar-refractivity contribution < 1.29 is 10.2 Å². The van der Waals surface area contributed by atoms with Crippen LogP contribution >= 0.6 is 52.1 Å². The summed E-state index contributed by atoms with van der Waals surface area (Å²) in [4.78, 5) is 10.5. The van der Waals surface area contributed by atoms with Crippen LogP contribution in [0.1, 0.15) is 11.1 Å². The van der Waals surface area contributed by atoms with Crippen LogP contribution in [0, 0.1) is 7.14 Å². The largest absolute Gasteiger partial charge is 0.396 e. The maximum Gasteiger partial charge on any atom is 0.160 e. The zero-order valence-corrected chi connectivity index (χ0v) is 24.7. The molecule has 1 heterocycles. The zero-order valence-electron chi connectivity index (χ0n) is 19.5. The fraction of sp³-hybridized carbons (Fsp3) is 0.138. The third-order valence-corrected chi connectivity index (χ3v) is 14.0. The molecule has 182 valence electrons. The Bertz CT molecular complexity index is 1550. The predicted octanol–water partition coefficient (Wildman–Crippen LogP) is 3.30. The predicted molar refractivity (Wildman–Crippen MR) is 166 cm³/mol. The molecule has 0 atom stereocenters. The van der Waals surface area contributed by atoms with Crippen LogP contribution in [-0.4, -0.2) is 29.0 Å². The molecule has 4 nitrogen and oxygen atoms in total. The van der Waals surface area contributed by atoms with E-state index >= 15 is 0 Å². The van der Waals surface area contributed by atoms with Gasteiger partial charge in [-0.15, -0.1) is 0 Å². The third kappa shape index (κ3) is 4.52. The van der Waals surface area contributed by atoms with Crippen LogP contribution in [0.5, 0.6) is 0 Å². The van der Waals surface area contributed by atoms with E-state index in [-0.39, 0.29) is 13.2 Å². The van der Waals surface area contributed by atoms with Crippen LogP contribution < -0.4 is 26.6 Å². The highest BCUT2D eigenvalue weighted by Gasteiger charge is 2.33. The minimum absolute atomic E-state index is 0.0200. The van der Waals surface area contributed by atoms with E-state index in [9.17, 15) is 10.2 Å². The van der Waals surface area contributed by atoms with Gasteiger partial charge in [0, 0.05) is 32.5 Å². The van der Waals surface area contributed by atoms with E-state index in [2.05, 4.69) is 112 Å². The van der Waals surface area contributed by atoms with Gasteiger partial charge in [0.1, 0.15) is 0 Å². The van der Waals surface area contributed by atoms with Crippen molar-refractivity contribution in [3.05, 3.63) is 120 Å². The van der Waals surface area contributed by atoms with Gasteiger partial charge in [-0.3, -0.25) is 0 Å². The van der Waals surface area contributed by atoms with Crippen LogP contribution in [0.3, 0.4) is 0 Å². The van der Waals surface area contributed by atoms with Crippen LogP contribution in [0.25, 0.3) is 0 Å². The second kappa shape index (κ2) is 11.3. The van der Waals surface area contributed by atoms with Gasteiger partial charge in [0.2, 0.25) is 0 Å². The molecule has 0 saturated carbocycles. The molecule has 36 heavy (non-hydrogen) atoms. The molecule has 0 amide bonds. The highest BCUT2D eigenvalue weighted by Crippen LogP contribution is 2.48. The SMILES string of the molecule is OCCc1ccc2c(c1CCO)=NC(=P(c1ccccc1)(c1ccccc1)c1cccc(I)c1I)N=2. The summed E-state index contributed by atoms with van der Waals surface area (Å²) >= 11 is 4.88. The van der Waals surface area contributed by atoms with Crippen LogP contribution in [0.2, 0.25) is 0 Å². The summed E-state index contributed by atoms with van der Waals surface area (Å²) in [6.45, 7) is -2.39. The summed E-state index contributed by atoms with van der Waals surface area (Å²) < 4.78 is 2.41. The molecule has 4 aromatic rings. The van der Waals surface area contributed by atoms with Crippen LogP contribution in [0.15, 0.2) is 101 Å². The van der Waals surface area contributed by atoms with Gasteiger partial charge in [-0.05, 0) is 91.9 Å². The molecule has 0 radical (unpaired) electrons. The molecule has 2 N–H and O–H groups in total. The minimum Gasteiger partial charge on any atom is -0.396 e. The van der Waals surface area contributed by atoms with Gasteiger partial charge in [-0.25, -0.2) is 9.98 Å². The van der Waals surface area contributed by atoms with Crippen LogP contribution in [0.4, 0.5) is 0 Å². The standard InChI is InChI=1S/C29H25I2N2O2P/c30-24-12-7-13-26(27(24)31)36(21-8-3-1-4-9-21,22-10-5-2-6-11-22)29-32-25-15-14-20(16-18-34)23(17-19-35)28(25)33-29/h1-15,34-35H,16-19H2. The lowest BCUT2D eigenvalue weighted by atomic mass is 10.0. The summed E-state index contributed by atoms with van der Waals surface area (Å²) in [7, 11) is 0. The molecule has 0 aromatic heterocycles. The Labute approximate surface area is 238 Å². The number of benzene rings is 4. The molecule has 0 aliphatic carbocycles. The number of aliphatic hydroxyl groups is 2. The van der Waals surface area contributed by atoms with Crippen molar-refractivity contribution in [1.29, 1.82) is 0 Å². The van der Waals surface area contributed by atoms with Crippen molar-refractivity contribution in [1.82, 2.24) is 0 Å². The second-order valence-electron chi connectivity index (χ2n) is 8.46. The molecule has 0 saturated heterocycles. The third-order valence-electron chi connectivity index (χ3n) is 6.41. The Morgan fingerprint density at radius 3 is 1.92 bits per heavy atom. The van der Waals surface area contributed by atoms with Crippen molar-refractivity contribution >= 4 is 73.5 Å². The van der Waals surface area contributed by atoms with Crippen molar-refractivity contribution in [3.8, 4) is 0 Å². The summed E-state index contributed by atoms with van der Waals surface area (Å²) in [5, 5.41) is 24.7. The molecule has 7 heteroatoms. The first-order valence-corrected chi connectivity index (χ1v) is 15.7. The van der Waals surface area contributed by atoms with Crippen molar-refractivity contribution in [2.75, 3.05) is 13.2 Å². The van der Waals surface area contributed by atoms with E-state index in [0.717, 1.165) is 27.4 Å². The smallest absolute Gasteiger partial charge is 0.160 e. The fourth-order valence-corrected chi connectivity index (χ4v) is 11.0. The van der Waals surface area contributed by atoms with Crippen LogP contribution in [-0.2, 0) is 12.8 Å². The summed E-state index contributed by atoms with van der Waals surface area (Å²) in [5.41, 5.74) is 2.80. The normalized spacial score (nSPS) is 12.7. The van der Waals surface area contributed by atoms with Crippen molar-refractivity contribution in [3.63, 3.8) is 0 Å². The fourth-order valence-electron chi connectivity index (χ4n) is 4.83. The first kappa shape index (κ1) is 25.8. The van der Waals surface area contributed by atoms with Gasteiger partial charge in [0.25, 0.3) is 0 Å². The summed E-state index contributed by atoms with van der Waals surface area (Å²) in [6, 6.07) is 31.8. The summed E-state index contributed by atoms with van der Waals surface area (Å²) in [6.07, 6.45) is 1.01. The Morgan fingerprint density at radius 1 is 0.667 bits per heavy atom. The van der Waals surface area contributed by atoms with Crippen molar-refractivity contribution in [2.45, 2.75) is 12.8 Å². The van der Waals surface area contributed by atoms with Gasteiger partial charge in [0.15, 0.2) is 5.54 Å². The topological polar surface area (TPSA) is 65.2 Å². The molecule has 5 rings (SSSR count). The molecule has 0 unspecified atom stereocenters. The van der Waals surface area contributed by atoms with Gasteiger partial charge < -0.3 is 10.2 Å². The number of hydrogen-bond donors (Lipinski definition) is 2. The monoisotopic (exact) mass is 718 g/mol. The second-order valence-corrected chi connectivity index (χ2v) is 14.0. The highest BCUT2D eigenvalue weighted by molar-refractivity contribution is 14.1. The molecular formula is C29H25I2N2O2P. The molecule has 0 bridgehead atoms. The van der Waals surface area contributed by atoms with Crippen molar-refractivity contribution in [2.24, 2.45) is 9.98 Å². The number of aliphatic hydroxyl groups excluding tert-OH is 2. The maximum atomic E-state index is 9.83. The van der Waals surface area contributed by atoms with E-state index in [1.807, 2.05) is 24.3 Å². The number of halogens is 2. The average molecular weight is 718 g/mol. The Kier molecular flexibility index (Phi) is 8.08. The van der Waals surface area contributed by atoms with E-state index in [1.54, 1.807) is 0 Å². The van der Waals surface area contributed by atoms with E-state index in [0.29, 0.717) is 12.8 Å². The number of nitrogens with zero attached hydrogens (tertiary/aromatic N) is 2. The van der Waals surface area contributed by atoms with E-state index in [1.165, 1.54) is 23.1 Å². The van der Waals surface area contributed by atoms with Gasteiger partial charge in [0.05, 0.1) is 10.7 Å². The van der Waals surface area contributed by atoms with Gasteiger partial charge in [-0.2, -0.15) is 0 Å². The number of rotatable bonds is 7. The first-order chi connectivity index (χ1) is 17.6. The number of fused-ring (bicyclic) bond motifs is 1. The Morgan fingerprint density at radius 2 is 1.31 bits per heavy atom. The number of hydrogen-bond acceptors (Lipinski definition) is 2. The zero-order chi connectivity index (χ0) is 25.1. The highest BCUT2D eigenvalue weighted by atomic mass is 127. The van der Waals surface area contributed by atoms with Gasteiger partial charge in [-0.1, -0.05) is 78.9 Å². The summed E-state index contributed by atoms with van der Waals surface area (Å²) in [5.74, 6) is 0. The maximum absolute atomic E-state index is 9.83. The quantitative estimate of drug-likeness (QED) is 0.228. The first-order valence-electron chi connectivity index (χ1n) is 11.7. The molecule has 0 spiro atoms. The Hall–Kier alpha value is -1.84. The lowest BCUT2D eigenvalue weighted by Crippen LogP contribution is -2.31. The lowest BCUT2D eigenvalue weighted by Gasteiger charge is -2.30.